The van der Waals surface area contributed by atoms with Gasteiger partial charge in [-0.05, 0) is 24.3 Å². The molecule has 2 aromatic rings. The molecule has 0 aliphatic heterocycles. The van der Waals surface area contributed by atoms with Crippen LogP contribution in [0.3, 0.4) is 0 Å². The topological polar surface area (TPSA) is 53.1 Å². The van der Waals surface area contributed by atoms with E-state index in [-0.39, 0.29) is 12.5 Å². The Balaban J connectivity index is 1.96. The van der Waals surface area contributed by atoms with Crippen LogP contribution in [0.2, 0.25) is 0 Å². The van der Waals surface area contributed by atoms with Crippen molar-refractivity contribution in [2.24, 2.45) is 0 Å². The van der Waals surface area contributed by atoms with Crippen LogP contribution in [0.15, 0.2) is 36.5 Å². The zero-order valence-corrected chi connectivity index (χ0v) is 7.93. The average molecular weight is 207 g/mol. The van der Waals surface area contributed by atoms with Gasteiger partial charge in [0.2, 0.25) is 0 Å². The van der Waals surface area contributed by atoms with E-state index in [1.807, 2.05) is 0 Å². The molecule has 0 aliphatic rings. The number of nitrogens with two attached hydrogens (primary N) is 1. The van der Waals surface area contributed by atoms with Gasteiger partial charge in [-0.3, -0.25) is 0 Å². The van der Waals surface area contributed by atoms with Gasteiger partial charge in [-0.15, -0.1) is 0 Å². The fourth-order valence-electron chi connectivity index (χ4n) is 1.12. The van der Waals surface area contributed by atoms with Crippen molar-refractivity contribution in [1.82, 2.24) is 9.78 Å². The number of benzene rings is 1. The van der Waals surface area contributed by atoms with E-state index >= 15 is 0 Å². The highest BCUT2D eigenvalue weighted by atomic mass is 19.1. The van der Waals surface area contributed by atoms with E-state index in [2.05, 4.69) is 5.10 Å². The van der Waals surface area contributed by atoms with Crippen molar-refractivity contribution in [2.45, 2.75) is 6.73 Å². The van der Waals surface area contributed by atoms with Gasteiger partial charge in [0.15, 0.2) is 6.73 Å². The molecule has 0 fully saturated rings. The molecule has 15 heavy (non-hydrogen) atoms. The van der Waals surface area contributed by atoms with Gasteiger partial charge in [-0.25, -0.2) is 9.07 Å². The fraction of sp³-hybridized carbons (Fsp3) is 0.100. The molecular formula is C10H10FN3O. The van der Waals surface area contributed by atoms with Gasteiger partial charge >= 0.3 is 0 Å². The van der Waals surface area contributed by atoms with E-state index in [0.717, 1.165) is 0 Å². The molecule has 0 spiro atoms. The lowest BCUT2D eigenvalue weighted by Gasteiger charge is -2.05. The molecule has 2 rings (SSSR count). The Labute approximate surface area is 86.1 Å². The van der Waals surface area contributed by atoms with E-state index in [1.165, 1.54) is 12.1 Å². The number of ether oxygens (including phenoxy) is 1. The maximum absolute atomic E-state index is 12.6. The predicted molar refractivity (Wildman–Crippen MR) is 53.7 cm³/mol. The summed E-state index contributed by atoms with van der Waals surface area (Å²) in [6.07, 6.45) is 1.71. The predicted octanol–water partition coefficient (Wildman–Crippen LogP) is 1.64. The number of hydrogen-bond donors (Lipinski definition) is 1. The number of hydrogen-bond acceptors (Lipinski definition) is 3. The molecule has 0 aliphatic carbocycles. The van der Waals surface area contributed by atoms with Crippen LogP contribution < -0.4 is 10.5 Å². The SMILES string of the molecule is Nc1ccn(COc2ccc(F)cc2)n1. The Hall–Kier alpha value is -2.04. The summed E-state index contributed by atoms with van der Waals surface area (Å²) in [6, 6.07) is 7.47. The third-order valence-electron chi connectivity index (χ3n) is 1.84. The number of rotatable bonds is 3. The third-order valence-corrected chi connectivity index (χ3v) is 1.84. The van der Waals surface area contributed by atoms with Crippen molar-refractivity contribution in [2.75, 3.05) is 5.73 Å². The monoisotopic (exact) mass is 207 g/mol. The van der Waals surface area contributed by atoms with Gasteiger partial charge in [0.25, 0.3) is 0 Å². The van der Waals surface area contributed by atoms with Crippen molar-refractivity contribution >= 4 is 5.82 Å². The molecule has 0 radical (unpaired) electrons. The maximum atomic E-state index is 12.6. The van der Waals surface area contributed by atoms with Crippen LogP contribution in [-0.2, 0) is 6.73 Å². The van der Waals surface area contributed by atoms with Crippen molar-refractivity contribution in [3.63, 3.8) is 0 Å². The van der Waals surface area contributed by atoms with Crippen LogP contribution in [0.5, 0.6) is 5.75 Å². The minimum absolute atomic E-state index is 0.253. The first-order valence-corrected chi connectivity index (χ1v) is 4.41. The summed E-state index contributed by atoms with van der Waals surface area (Å²) in [5, 5.41) is 3.94. The number of nitrogen functional groups attached to an aromatic ring is 1. The highest BCUT2D eigenvalue weighted by Gasteiger charge is 1.96. The van der Waals surface area contributed by atoms with Gasteiger partial charge in [-0.2, -0.15) is 5.10 Å². The second kappa shape index (κ2) is 4.00. The molecule has 0 unspecified atom stereocenters. The van der Waals surface area contributed by atoms with E-state index in [4.69, 9.17) is 10.5 Å². The lowest BCUT2D eigenvalue weighted by Crippen LogP contribution is -2.06. The van der Waals surface area contributed by atoms with Crippen LogP contribution in [0.1, 0.15) is 0 Å². The first-order valence-electron chi connectivity index (χ1n) is 4.41. The van der Waals surface area contributed by atoms with Gasteiger partial charge in [-0.1, -0.05) is 0 Å². The standard InChI is InChI=1S/C10H10FN3O/c11-8-1-3-9(4-2-8)15-7-14-6-5-10(12)13-14/h1-6H,7H2,(H2,12,13). The van der Waals surface area contributed by atoms with Crippen molar-refractivity contribution in [3.05, 3.63) is 42.3 Å². The van der Waals surface area contributed by atoms with Crippen LogP contribution >= 0.6 is 0 Å². The lowest BCUT2D eigenvalue weighted by atomic mass is 10.3. The largest absolute Gasteiger partial charge is 0.471 e. The summed E-state index contributed by atoms with van der Waals surface area (Å²) in [5.41, 5.74) is 5.43. The Morgan fingerprint density at radius 1 is 1.27 bits per heavy atom. The Bertz CT molecular complexity index is 438. The van der Waals surface area contributed by atoms with Crippen LogP contribution in [0.4, 0.5) is 10.2 Å². The quantitative estimate of drug-likeness (QED) is 0.832. The Morgan fingerprint density at radius 2 is 2.00 bits per heavy atom. The van der Waals surface area contributed by atoms with Crippen LogP contribution in [-0.4, -0.2) is 9.78 Å². The molecule has 78 valence electrons. The van der Waals surface area contributed by atoms with Crippen molar-refractivity contribution in [1.29, 1.82) is 0 Å². The zero-order valence-electron chi connectivity index (χ0n) is 7.93. The molecule has 1 heterocycles. The molecule has 0 amide bonds. The van der Waals surface area contributed by atoms with E-state index in [9.17, 15) is 4.39 Å². The molecular weight excluding hydrogens is 197 g/mol. The Kier molecular flexibility index (Phi) is 2.53. The van der Waals surface area contributed by atoms with E-state index in [0.29, 0.717) is 11.6 Å². The fourth-order valence-corrected chi connectivity index (χ4v) is 1.12. The second-order valence-electron chi connectivity index (χ2n) is 3.01. The molecule has 5 heteroatoms. The van der Waals surface area contributed by atoms with Crippen molar-refractivity contribution < 1.29 is 9.13 Å². The molecule has 0 saturated heterocycles. The molecule has 0 atom stereocenters. The van der Waals surface area contributed by atoms with Crippen LogP contribution in [0, 0.1) is 5.82 Å². The highest BCUT2D eigenvalue weighted by molar-refractivity contribution is 5.24. The van der Waals surface area contributed by atoms with Gasteiger partial charge in [0, 0.05) is 12.3 Å². The van der Waals surface area contributed by atoms with Crippen LogP contribution in [0.25, 0.3) is 0 Å². The summed E-state index contributed by atoms with van der Waals surface area (Å²) < 4.78 is 19.5. The molecule has 1 aromatic carbocycles. The molecule has 2 N–H and O–H groups in total. The smallest absolute Gasteiger partial charge is 0.180 e. The van der Waals surface area contributed by atoms with E-state index in [1.54, 1.807) is 29.1 Å². The normalized spacial score (nSPS) is 10.2. The minimum Gasteiger partial charge on any atom is -0.471 e. The second-order valence-corrected chi connectivity index (χ2v) is 3.01. The first-order chi connectivity index (χ1) is 7.24. The number of halogens is 1. The third kappa shape index (κ3) is 2.46. The first kappa shape index (κ1) is 9.51. The number of anilines is 1. The lowest BCUT2D eigenvalue weighted by molar-refractivity contribution is 0.221. The van der Waals surface area contributed by atoms with Crippen molar-refractivity contribution in [3.8, 4) is 5.75 Å². The summed E-state index contributed by atoms with van der Waals surface area (Å²) >= 11 is 0. The van der Waals surface area contributed by atoms with Gasteiger partial charge in [0.1, 0.15) is 17.4 Å². The van der Waals surface area contributed by atoms with Gasteiger partial charge in [0.05, 0.1) is 0 Å². The molecule has 1 aromatic heterocycles. The molecule has 0 saturated carbocycles. The molecule has 0 bridgehead atoms. The summed E-state index contributed by atoms with van der Waals surface area (Å²) in [7, 11) is 0. The molecule has 4 nitrogen and oxygen atoms in total. The summed E-state index contributed by atoms with van der Waals surface area (Å²) in [4.78, 5) is 0. The Morgan fingerprint density at radius 3 is 2.60 bits per heavy atom. The van der Waals surface area contributed by atoms with Gasteiger partial charge < -0.3 is 10.5 Å². The average Bonchev–Trinajstić information content (AvgIpc) is 2.64. The minimum atomic E-state index is -0.286. The summed E-state index contributed by atoms with van der Waals surface area (Å²) in [5.74, 6) is 0.744. The number of aromatic nitrogens is 2. The maximum Gasteiger partial charge on any atom is 0.180 e. The summed E-state index contributed by atoms with van der Waals surface area (Å²) in [6.45, 7) is 0.253. The zero-order chi connectivity index (χ0) is 10.7. The highest BCUT2D eigenvalue weighted by Crippen LogP contribution is 2.11. The van der Waals surface area contributed by atoms with E-state index < -0.39 is 0 Å². The number of nitrogens with zero attached hydrogens (tertiary/aromatic N) is 2.